The van der Waals surface area contributed by atoms with Crippen molar-refractivity contribution in [3.63, 3.8) is 0 Å². The number of hydrogen-bond acceptors (Lipinski definition) is 8. The monoisotopic (exact) mass is 495 g/mol. The number of halogens is 2. The van der Waals surface area contributed by atoms with Gasteiger partial charge in [0.05, 0.1) is 27.9 Å². The first-order chi connectivity index (χ1) is 16.3. The molecule has 0 spiro atoms. The molecule has 0 aliphatic rings. The number of primary amides is 1. The summed E-state index contributed by atoms with van der Waals surface area (Å²) in [6.45, 7) is 0. The molecule has 0 bridgehead atoms. The van der Waals surface area contributed by atoms with Crippen molar-refractivity contribution in [2.45, 2.75) is 0 Å². The van der Waals surface area contributed by atoms with E-state index in [1.54, 1.807) is 24.3 Å². The standard InChI is InChI=1S/C21H11ClFN7O3S/c22-11-2-1-3-12(6-11)29-21-14(9-26-29)17(13-7-16(30(32)33)34-18(13)19(24)31)27-20(28-21)10-4-5-15(23)25-8-10/h1-9H,(H2,24,31). The summed E-state index contributed by atoms with van der Waals surface area (Å²) in [6.07, 6.45) is 2.73. The molecular formula is C21H11ClFN7O3S. The van der Waals surface area contributed by atoms with Crippen LogP contribution in [0.1, 0.15) is 9.67 Å². The van der Waals surface area contributed by atoms with Crippen molar-refractivity contribution in [3.8, 4) is 28.3 Å². The number of pyridine rings is 1. The summed E-state index contributed by atoms with van der Waals surface area (Å²) in [5.74, 6) is -1.38. The number of carbonyl (C=O) groups excluding carboxylic acids is 1. The molecule has 0 atom stereocenters. The Balaban J connectivity index is 1.84. The van der Waals surface area contributed by atoms with Crippen molar-refractivity contribution in [2.24, 2.45) is 5.73 Å². The SMILES string of the molecule is NC(=O)c1sc([N+](=O)[O-])cc1-c1nc(-c2ccc(F)nc2)nc2c1cnn2-c1cccc(Cl)c1. The van der Waals surface area contributed by atoms with Crippen molar-refractivity contribution in [1.29, 1.82) is 0 Å². The number of fused-ring (bicyclic) bond motifs is 1. The number of rotatable bonds is 5. The lowest BCUT2D eigenvalue weighted by Gasteiger charge is -2.08. The van der Waals surface area contributed by atoms with Crippen LogP contribution in [-0.2, 0) is 0 Å². The molecule has 0 unspecified atom stereocenters. The molecule has 34 heavy (non-hydrogen) atoms. The fraction of sp³-hybridized carbons (Fsp3) is 0. The minimum Gasteiger partial charge on any atom is -0.365 e. The van der Waals surface area contributed by atoms with Gasteiger partial charge in [-0.3, -0.25) is 14.9 Å². The maximum Gasteiger partial charge on any atom is 0.325 e. The molecule has 0 saturated heterocycles. The van der Waals surface area contributed by atoms with E-state index < -0.39 is 16.8 Å². The molecule has 5 rings (SSSR count). The van der Waals surface area contributed by atoms with Crippen LogP contribution in [0.5, 0.6) is 0 Å². The van der Waals surface area contributed by atoms with Crippen molar-refractivity contribution in [2.75, 3.05) is 0 Å². The Morgan fingerprint density at radius 3 is 2.68 bits per heavy atom. The van der Waals surface area contributed by atoms with E-state index >= 15 is 0 Å². The number of carbonyl (C=O) groups is 1. The zero-order valence-electron chi connectivity index (χ0n) is 16.8. The van der Waals surface area contributed by atoms with Crippen LogP contribution in [-0.4, -0.2) is 35.6 Å². The predicted molar refractivity (Wildman–Crippen MR) is 123 cm³/mol. The highest BCUT2D eigenvalue weighted by atomic mass is 35.5. The van der Waals surface area contributed by atoms with Gasteiger partial charge in [0.1, 0.15) is 4.88 Å². The van der Waals surface area contributed by atoms with Crippen LogP contribution in [0.25, 0.3) is 39.4 Å². The third kappa shape index (κ3) is 3.74. The number of nitro groups is 1. The van der Waals surface area contributed by atoms with Gasteiger partial charge in [0.15, 0.2) is 11.5 Å². The van der Waals surface area contributed by atoms with E-state index in [4.69, 9.17) is 17.3 Å². The Bertz CT molecular complexity index is 1600. The second kappa shape index (κ2) is 8.24. The molecule has 0 saturated carbocycles. The summed E-state index contributed by atoms with van der Waals surface area (Å²) in [5, 5.41) is 16.4. The molecular weight excluding hydrogens is 485 g/mol. The van der Waals surface area contributed by atoms with Crippen LogP contribution < -0.4 is 5.73 Å². The Hall–Kier alpha value is -4.29. The summed E-state index contributed by atoms with van der Waals surface area (Å²) >= 11 is 6.79. The van der Waals surface area contributed by atoms with Gasteiger partial charge in [0.2, 0.25) is 5.95 Å². The molecule has 168 valence electrons. The van der Waals surface area contributed by atoms with Crippen LogP contribution in [0, 0.1) is 16.1 Å². The zero-order chi connectivity index (χ0) is 24.0. The number of nitrogens with two attached hydrogens (primary N) is 1. The lowest BCUT2D eigenvalue weighted by molar-refractivity contribution is -0.380. The molecule has 0 aliphatic carbocycles. The van der Waals surface area contributed by atoms with Gasteiger partial charge in [-0.25, -0.2) is 19.6 Å². The van der Waals surface area contributed by atoms with E-state index in [2.05, 4.69) is 20.1 Å². The maximum absolute atomic E-state index is 13.4. The van der Waals surface area contributed by atoms with E-state index in [0.717, 1.165) is 6.07 Å². The molecule has 1 amide bonds. The minimum atomic E-state index is -0.841. The van der Waals surface area contributed by atoms with Crippen LogP contribution in [0.2, 0.25) is 5.02 Å². The molecule has 10 nitrogen and oxygen atoms in total. The molecule has 13 heteroatoms. The van der Waals surface area contributed by atoms with Gasteiger partial charge in [0, 0.05) is 28.4 Å². The van der Waals surface area contributed by atoms with E-state index in [9.17, 15) is 19.3 Å². The number of hydrogen-bond donors (Lipinski definition) is 1. The quantitative estimate of drug-likeness (QED) is 0.216. The molecule has 0 aliphatic heterocycles. The fourth-order valence-corrected chi connectivity index (χ4v) is 4.39. The highest BCUT2D eigenvalue weighted by molar-refractivity contribution is 7.17. The molecule has 1 aromatic carbocycles. The minimum absolute atomic E-state index is 0.0367. The van der Waals surface area contributed by atoms with E-state index in [1.807, 2.05) is 0 Å². The number of nitrogens with zero attached hydrogens (tertiary/aromatic N) is 6. The summed E-state index contributed by atoms with van der Waals surface area (Å²) < 4.78 is 14.9. The van der Waals surface area contributed by atoms with Crippen molar-refractivity contribution in [1.82, 2.24) is 24.7 Å². The van der Waals surface area contributed by atoms with Gasteiger partial charge in [0.25, 0.3) is 5.91 Å². The smallest absolute Gasteiger partial charge is 0.325 e. The van der Waals surface area contributed by atoms with Crippen LogP contribution >= 0.6 is 22.9 Å². The highest BCUT2D eigenvalue weighted by Gasteiger charge is 2.26. The average molecular weight is 496 g/mol. The number of benzene rings is 1. The maximum atomic E-state index is 13.4. The van der Waals surface area contributed by atoms with Crippen LogP contribution in [0.3, 0.4) is 0 Å². The lowest BCUT2D eigenvalue weighted by atomic mass is 10.1. The molecule has 2 N–H and O–H groups in total. The van der Waals surface area contributed by atoms with Gasteiger partial charge in [-0.2, -0.15) is 9.49 Å². The van der Waals surface area contributed by atoms with Crippen molar-refractivity contribution in [3.05, 3.63) is 80.8 Å². The number of thiophene rings is 1. The molecule has 0 radical (unpaired) electrons. The van der Waals surface area contributed by atoms with Crippen molar-refractivity contribution >= 4 is 44.9 Å². The van der Waals surface area contributed by atoms with Crippen LogP contribution in [0.4, 0.5) is 9.39 Å². The van der Waals surface area contributed by atoms with Gasteiger partial charge in [-0.05, 0) is 30.3 Å². The van der Waals surface area contributed by atoms with Crippen LogP contribution in [0.15, 0.2) is 54.9 Å². The Morgan fingerprint density at radius 2 is 2.00 bits per heavy atom. The second-order valence-corrected chi connectivity index (χ2v) is 8.45. The topological polar surface area (TPSA) is 143 Å². The number of aromatic nitrogens is 5. The number of amides is 1. The van der Waals surface area contributed by atoms with Gasteiger partial charge in [-0.1, -0.05) is 29.0 Å². The van der Waals surface area contributed by atoms with Gasteiger partial charge < -0.3 is 5.73 Å². The zero-order valence-corrected chi connectivity index (χ0v) is 18.4. The first kappa shape index (κ1) is 21.6. The third-order valence-corrected chi connectivity index (χ3v) is 6.18. The summed E-state index contributed by atoms with van der Waals surface area (Å²) in [4.78, 5) is 35.6. The van der Waals surface area contributed by atoms with E-state index in [-0.39, 0.29) is 27.0 Å². The first-order valence-corrected chi connectivity index (χ1v) is 10.7. The Morgan fingerprint density at radius 1 is 1.18 bits per heavy atom. The van der Waals surface area contributed by atoms with Crippen molar-refractivity contribution < 1.29 is 14.1 Å². The lowest BCUT2D eigenvalue weighted by Crippen LogP contribution is -2.10. The molecule has 4 heterocycles. The largest absolute Gasteiger partial charge is 0.365 e. The Labute approximate surface area is 198 Å². The van der Waals surface area contributed by atoms with E-state index in [0.29, 0.717) is 38.6 Å². The first-order valence-electron chi connectivity index (χ1n) is 9.54. The molecule has 0 fully saturated rings. The molecule has 5 aromatic rings. The fourth-order valence-electron chi connectivity index (χ4n) is 3.37. The third-order valence-electron chi connectivity index (χ3n) is 4.84. The summed E-state index contributed by atoms with van der Waals surface area (Å²) in [7, 11) is 0. The molecule has 4 aromatic heterocycles. The summed E-state index contributed by atoms with van der Waals surface area (Å²) in [5.41, 5.74) is 7.19. The summed E-state index contributed by atoms with van der Waals surface area (Å²) in [6, 6.07) is 10.7. The van der Waals surface area contributed by atoms with Gasteiger partial charge >= 0.3 is 5.00 Å². The second-order valence-electron chi connectivity index (χ2n) is 6.99. The average Bonchev–Trinajstić information content (AvgIpc) is 3.44. The Kier molecular flexibility index (Phi) is 5.23. The van der Waals surface area contributed by atoms with Gasteiger partial charge in [-0.15, -0.1) is 0 Å². The normalized spacial score (nSPS) is 11.1. The predicted octanol–water partition coefficient (Wildman–Crippen LogP) is 4.41. The van der Waals surface area contributed by atoms with E-state index in [1.165, 1.54) is 29.2 Å². The highest BCUT2D eigenvalue weighted by Crippen LogP contribution is 2.39.